The van der Waals surface area contributed by atoms with Gasteiger partial charge in [-0.05, 0) is 31.2 Å². The Morgan fingerprint density at radius 1 is 1.08 bits per heavy atom. The predicted molar refractivity (Wildman–Crippen MR) is 94.8 cm³/mol. The van der Waals surface area contributed by atoms with Crippen LogP contribution in [0, 0.1) is 0 Å². The van der Waals surface area contributed by atoms with Crippen LogP contribution in [0.25, 0.3) is 0 Å². The van der Waals surface area contributed by atoms with Crippen LogP contribution in [0.2, 0.25) is 0 Å². The Labute approximate surface area is 153 Å². The Morgan fingerprint density at radius 2 is 1.65 bits per heavy atom. The van der Waals surface area contributed by atoms with Crippen LogP contribution in [0.5, 0.6) is 0 Å². The van der Waals surface area contributed by atoms with Crippen LogP contribution >= 0.6 is 0 Å². The number of nitrogens with zero attached hydrogens (tertiary/aromatic N) is 2. The van der Waals surface area contributed by atoms with Crippen molar-refractivity contribution in [2.75, 3.05) is 39.1 Å². The fourth-order valence-corrected chi connectivity index (χ4v) is 3.10. The molecule has 0 atom stereocenters. The van der Waals surface area contributed by atoms with E-state index in [-0.39, 0.29) is 24.0 Å². The summed E-state index contributed by atoms with van der Waals surface area (Å²) < 4.78 is 30.7. The molecule has 0 aliphatic rings. The quantitative estimate of drug-likeness (QED) is 0.644. The topological polar surface area (TPSA) is 113 Å². The number of ether oxygens (including phenoxy) is 1. The maximum Gasteiger partial charge on any atom is 0.325 e. The van der Waals surface area contributed by atoms with Crippen molar-refractivity contribution in [2.45, 2.75) is 18.7 Å². The molecule has 0 radical (unpaired) electrons. The van der Waals surface area contributed by atoms with Crippen molar-refractivity contribution in [3.05, 3.63) is 24.3 Å². The summed E-state index contributed by atoms with van der Waals surface area (Å²) in [5.74, 6) is -1.38. The molecule has 0 unspecified atom stereocenters. The minimum atomic E-state index is -3.89. The van der Waals surface area contributed by atoms with E-state index in [1.807, 2.05) is 0 Å². The highest BCUT2D eigenvalue weighted by Gasteiger charge is 2.25. The monoisotopic (exact) mass is 385 g/mol. The third kappa shape index (κ3) is 6.12. The largest absolute Gasteiger partial charge is 0.465 e. The predicted octanol–water partition coefficient (Wildman–Crippen LogP) is 0.287. The zero-order valence-electron chi connectivity index (χ0n) is 15.2. The van der Waals surface area contributed by atoms with E-state index in [9.17, 15) is 22.8 Å². The molecular weight excluding hydrogens is 362 g/mol. The van der Waals surface area contributed by atoms with Gasteiger partial charge >= 0.3 is 5.97 Å². The summed E-state index contributed by atoms with van der Waals surface area (Å²) in [6, 6.07) is 5.58. The van der Waals surface area contributed by atoms with Gasteiger partial charge in [0.15, 0.2) is 0 Å². The van der Waals surface area contributed by atoms with Gasteiger partial charge in [0.05, 0.1) is 18.0 Å². The van der Waals surface area contributed by atoms with Crippen LogP contribution in [0.15, 0.2) is 29.2 Å². The second-order valence-corrected chi connectivity index (χ2v) is 7.57. The smallest absolute Gasteiger partial charge is 0.325 e. The lowest BCUT2D eigenvalue weighted by Gasteiger charge is -2.21. The Balaban J connectivity index is 2.78. The minimum absolute atomic E-state index is 0.0186. The molecule has 0 aliphatic carbocycles. The number of rotatable bonds is 8. The van der Waals surface area contributed by atoms with Gasteiger partial charge in [-0.2, -0.15) is 4.31 Å². The molecule has 1 aromatic rings. The van der Waals surface area contributed by atoms with Crippen LogP contribution in [0.1, 0.15) is 13.8 Å². The molecule has 2 amide bonds. The maximum atomic E-state index is 12.5. The van der Waals surface area contributed by atoms with Crippen LogP contribution in [0.4, 0.5) is 5.69 Å². The molecule has 144 valence electrons. The van der Waals surface area contributed by atoms with Crippen molar-refractivity contribution in [3.63, 3.8) is 0 Å². The molecule has 0 saturated heterocycles. The second kappa shape index (κ2) is 9.30. The van der Waals surface area contributed by atoms with Gasteiger partial charge in [0.2, 0.25) is 21.8 Å². The summed E-state index contributed by atoms with van der Waals surface area (Å²) in [5, 5.41) is 2.54. The SMILES string of the molecule is CCOC(=O)CN(C)C(=O)CN(C)S(=O)(=O)c1ccc(NC(C)=O)cc1. The highest BCUT2D eigenvalue weighted by molar-refractivity contribution is 7.89. The molecule has 10 heteroatoms. The first-order valence-corrected chi connectivity index (χ1v) is 9.25. The third-order valence-electron chi connectivity index (χ3n) is 3.34. The number of nitrogens with one attached hydrogen (secondary N) is 1. The molecule has 1 aromatic carbocycles. The lowest BCUT2D eigenvalue weighted by Crippen LogP contribution is -2.41. The van der Waals surface area contributed by atoms with Crippen molar-refractivity contribution in [3.8, 4) is 0 Å². The number of hydrogen-bond donors (Lipinski definition) is 1. The van der Waals surface area contributed by atoms with Gasteiger partial charge in [-0.15, -0.1) is 0 Å². The van der Waals surface area contributed by atoms with Gasteiger partial charge in [0.25, 0.3) is 0 Å². The summed E-state index contributed by atoms with van der Waals surface area (Å²) in [5.41, 5.74) is 0.462. The van der Waals surface area contributed by atoms with Gasteiger partial charge < -0.3 is 15.0 Å². The zero-order chi connectivity index (χ0) is 19.9. The van der Waals surface area contributed by atoms with Gasteiger partial charge in [0, 0.05) is 26.7 Å². The molecule has 9 nitrogen and oxygen atoms in total. The van der Waals surface area contributed by atoms with Gasteiger partial charge in [-0.3, -0.25) is 14.4 Å². The van der Waals surface area contributed by atoms with Crippen molar-refractivity contribution in [2.24, 2.45) is 0 Å². The molecule has 1 N–H and O–H groups in total. The summed E-state index contributed by atoms with van der Waals surface area (Å²) in [4.78, 5) is 35.6. The number of sulfonamides is 1. The molecule has 0 bridgehead atoms. The number of likely N-dealkylation sites (N-methyl/N-ethyl adjacent to an activating group) is 2. The average molecular weight is 385 g/mol. The van der Waals surface area contributed by atoms with Crippen molar-refractivity contribution < 1.29 is 27.5 Å². The number of esters is 1. The van der Waals surface area contributed by atoms with E-state index in [0.717, 1.165) is 9.21 Å². The van der Waals surface area contributed by atoms with E-state index in [0.29, 0.717) is 5.69 Å². The molecule has 0 saturated carbocycles. The fraction of sp³-hybridized carbons (Fsp3) is 0.438. The van der Waals surface area contributed by atoms with Gasteiger partial charge in [-0.25, -0.2) is 8.42 Å². The molecule has 0 heterocycles. The lowest BCUT2D eigenvalue weighted by molar-refractivity contribution is -0.148. The Morgan fingerprint density at radius 3 is 2.15 bits per heavy atom. The van der Waals surface area contributed by atoms with Gasteiger partial charge in [-0.1, -0.05) is 0 Å². The summed E-state index contributed by atoms with van der Waals surface area (Å²) >= 11 is 0. The molecule has 0 fully saturated rings. The third-order valence-corrected chi connectivity index (χ3v) is 5.16. The Bertz CT molecular complexity index is 761. The minimum Gasteiger partial charge on any atom is -0.465 e. The summed E-state index contributed by atoms with van der Waals surface area (Å²) in [7, 11) is -1.23. The van der Waals surface area contributed by atoms with E-state index < -0.39 is 28.4 Å². The number of anilines is 1. The fourth-order valence-electron chi connectivity index (χ4n) is 1.98. The second-order valence-electron chi connectivity index (χ2n) is 5.52. The first-order valence-electron chi connectivity index (χ1n) is 7.81. The maximum absolute atomic E-state index is 12.5. The van der Waals surface area contributed by atoms with E-state index in [2.05, 4.69) is 5.32 Å². The van der Waals surface area contributed by atoms with Crippen LogP contribution in [-0.2, 0) is 29.1 Å². The van der Waals surface area contributed by atoms with E-state index >= 15 is 0 Å². The van der Waals surface area contributed by atoms with Crippen LogP contribution in [-0.4, -0.2) is 69.2 Å². The van der Waals surface area contributed by atoms with Crippen molar-refractivity contribution >= 4 is 33.5 Å². The Kier molecular flexibility index (Phi) is 7.72. The summed E-state index contributed by atoms with van der Waals surface area (Å²) in [6.07, 6.45) is 0. The molecule has 0 aromatic heterocycles. The molecule has 26 heavy (non-hydrogen) atoms. The van der Waals surface area contributed by atoms with Crippen molar-refractivity contribution in [1.82, 2.24) is 9.21 Å². The van der Waals surface area contributed by atoms with E-state index in [1.165, 1.54) is 45.3 Å². The number of amides is 2. The zero-order valence-corrected chi connectivity index (χ0v) is 16.0. The van der Waals surface area contributed by atoms with E-state index in [4.69, 9.17) is 4.74 Å². The number of carbonyl (C=O) groups excluding carboxylic acids is 3. The van der Waals surface area contributed by atoms with Crippen LogP contribution in [0.3, 0.4) is 0 Å². The normalized spacial score (nSPS) is 11.1. The number of carbonyl (C=O) groups is 3. The Hall–Kier alpha value is -2.46. The standard InChI is InChI=1S/C16H23N3O6S/c1-5-25-16(22)11-18(3)15(21)10-19(4)26(23,24)14-8-6-13(7-9-14)17-12(2)20/h6-9H,5,10-11H2,1-4H3,(H,17,20). The van der Waals surface area contributed by atoms with E-state index in [1.54, 1.807) is 6.92 Å². The first-order chi connectivity index (χ1) is 12.1. The van der Waals surface area contributed by atoms with Crippen molar-refractivity contribution in [1.29, 1.82) is 0 Å². The average Bonchev–Trinajstić information content (AvgIpc) is 2.54. The van der Waals surface area contributed by atoms with Gasteiger partial charge in [0.1, 0.15) is 6.54 Å². The van der Waals surface area contributed by atoms with Crippen LogP contribution < -0.4 is 5.32 Å². The molecular formula is C16H23N3O6S. The molecule has 0 aliphatic heterocycles. The highest BCUT2D eigenvalue weighted by atomic mass is 32.2. The lowest BCUT2D eigenvalue weighted by atomic mass is 10.3. The summed E-state index contributed by atoms with van der Waals surface area (Å²) in [6.45, 7) is 2.51. The number of hydrogen-bond acceptors (Lipinski definition) is 6. The molecule has 1 rings (SSSR count). The first kappa shape index (κ1) is 21.6. The molecule has 0 spiro atoms. The highest BCUT2D eigenvalue weighted by Crippen LogP contribution is 2.17. The number of benzene rings is 1.